The number of thiophene rings is 2. The van der Waals surface area contributed by atoms with Gasteiger partial charge >= 0.3 is 5.97 Å². The third-order valence-corrected chi connectivity index (χ3v) is 6.83. The number of hydrogen-bond donors (Lipinski definition) is 2. The second-order valence-corrected chi connectivity index (χ2v) is 8.93. The number of nitrogens with one attached hydrogen (secondary N) is 2. The highest BCUT2D eigenvalue weighted by molar-refractivity contribution is 7.19. The molecule has 0 radical (unpaired) electrons. The first-order chi connectivity index (χ1) is 14.3. The second-order valence-electron chi connectivity index (χ2n) is 6.47. The van der Waals surface area contributed by atoms with E-state index in [1.165, 1.54) is 18.4 Å². The van der Waals surface area contributed by atoms with Gasteiger partial charge in [0.05, 0.1) is 24.0 Å². The number of halogens is 1. The molecular formula is C21H19ClN2O4S2. The molecule has 3 rings (SSSR count). The van der Waals surface area contributed by atoms with Crippen LogP contribution < -0.4 is 10.6 Å². The van der Waals surface area contributed by atoms with Crippen LogP contribution >= 0.6 is 34.3 Å². The van der Waals surface area contributed by atoms with Crippen LogP contribution in [-0.2, 0) is 16.0 Å². The van der Waals surface area contributed by atoms with Gasteiger partial charge in [-0.25, -0.2) is 4.79 Å². The van der Waals surface area contributed by atoms with E-state index in [0.29, 0.717) is 21.2 Å². The molecule has 0 unspecified atom stereocenters. The molecule has 0 atom stereocenters. The van der Waals surface area contributed by atoms with Gasteiger partial charge in [0.1, 0.15) is 5.00 Å². The molecule has 0 aliphatic rings. The zero-order valence-electron chi connectivity index (χ0n) is 16.5. The predicted molar refractivity (Wildman–Crippen MR) is 121 cm³/mol. The summed E-state index contributed by atoms with van der Waals surface area (Å²) < 4.78 is 4.85. The summed E-state index contributed by atoms with van der Waals surface area (Å²) in [6.07, 6.45) is 0.179. The van der Waals surface area contributed by atoms with Crippen molar-refractivity contribution in [3.63, 3.8) is 0 Å². The quantitative estimate of drug-likeness (QED) is 0.487. The highest BCUT2D eigenvalue weighted by atomic mass is 35.5. The average Bonchev–Trinajstić information content (AvgIpc) is 3.32. The minimum atomic E-state index is -0.618. The van der Waals surface area contributed by atoms with Crippen LogP contribution in [0.5, 0.6) is 0 Å². The van der Waals surface area contributed by atoms with E-state index in [1.54, 1.807) is 25.1 Å². The van der Waals surface area contributed by atoms with Crippen molar-refractivity contribution in [1.29, 1.82) is 0 Å². The maximum absolute atomic E-state index is 12.8. The molecule has 0 saturated carbocycles. The van der Waals surface area contributed by atoms with Crippen molar-refractivity contribution in [2.75, 3.05) is 17.7 Å². The van der Waals surface area contributed by atoms with Gasteiger partial charge in [-0.15, -0.1) is 22.7 Å². The largest absolute Gasteiger partial charge is 0.465 e. The van der Waals surface area contributed by atoms with Gasteiger partial charge in [-0.2, -0.15) is 0 Å². The molecule has 0 aliphatic heterocycles. The first-order valence-corrected chi connectivity index (χ1v) is 11.0. The van der Waals surface area contributed by atoms with Crippen molar-refractivity contribution in [2.45, 2.75) is 20.3 Å². The maximum atomic E-state index is 12.8. The summed E-state index contributed by atoms with van der Waals surface area (Å²) in [5, 5.41) is 8.23. The fraction of sp³-hybridized carbons (Fsp3) is 0.190. The Hall–Kier alpha value is -2.68. The first kappa shape index (κ1) is 22.0. The maximum Gasteiger partial charge on any atom is 0.341 e. The summed E-state index contributed by atoms with van der Waals surface area (Å²) in [5.41, 5.74) is 2.04. The Bertz CT molecular complexity index is 1110. The van der Waals surface area contributed by atoms with Gasteiger partial charge in [0.15, 0.2) is 0 Å². The molecule has 2 heterocycles. The van der Waals surface area contributed by atoms with Crippen molar-refractivity contribution >= 4 is 62.7 Å². The Balaban J connectivity index is 1.87. The van der Waals surface area contributed by atoms with Crippen LogP contribution in [0.15, 0.2) is 35.7 Å². The van der Waals surface area contributed by atoms with Crippen LogP contribution in [0, 0.1) is 13.8 Å². The van der Waals surface area contributed by atoms with E-state index in [0.717, 1.165) is 21.8 Å². The number of carbonyl (C=O) groups is 3. The predicted octanol–water partition coefficient (Wildman–Crippen LogP) is 5.30. The van der Waals surface area contributed by atoms with Crippen LogP contribution in [0.1, 0.15) is 36.0 Å². The molecule has 0 fully saturated rings. The lowest BCUT2D eigenvalue weighted by atomic mass is 10.1. The van der Waals surface area contributed by atoms with E-state index in [-0.39, 0.29) is 22.9 Å². The number of carbonyl (C=O) groups excluding carboxylic acids is 3. The second kappa shape index (κ2) is 9.42. The van der Waals surface area contributed by atoms with Crippen LogP contribution in [0.4, 0.5) is 10.7 Å². The minimum Gasteiger partial charge on any atom is -0.465 e. The van der Waals surface area contributed by atoms with E-state index >= 15 is 0 Å². The number of benzene rings is 1. The summed E-state index contributed by atoms with van der Waals surface area (Å²) >= 11 is 8.62. The van der Waals surface area contributed by atoms with E-state index in [9.17, 15) is 14.4 Å². The highest BCUT2D eigenvalue weighted by Crippen LogP contribution is 2.34. The molecule has 2 aromatic heterocycles. The molecule has 1 aromatic carbocycles. The molecule has 2 N–H and O–H groups in total. The Morgan fingerprint density at radius 1 is 1.13 bits per heavy atom. The molecule has 156 valence electrons. The normalized spacial score (nSPS) is 10.5. The van der Waals surface area contributed by atoms with Crippen molar-refractivity contribution in [2.24, 2.45) is 0 Å². The molecular weight excluding hydrogens is 444 g/mol. The Kier molecular flexibility index (Phi) is 6.91. The van der Waals surface area contributed by atoms with E-state index in [2.05, 4.69) is 10.6 Å². The third-order valence-electron chi connectivity index (χ3n) is 4.34. The molecule has 6 nitrogen and oxygen atoms in total. The van der Waals surface area contributed by atoms with Gasteiger partial charge in [0, 0.05) is 15.6 Å². The van der Waals surface area contributed by atoms with Crippen LogP contribution in [0.2, 0.25) is 5.02 Å². The molecule has 2 amide bonds. The van der Waals surface area contributed by atoms with Gasteiger partial charge in [0.25, 0.3) is 5.91 Å². The minimum absolute atomic E-state index is 0.175. The monoisotopic (exact) mass is 462 g/mol. The van der Waals surface area contributed by atoms with Gasteiger partial charge in [-0.05, 0) is 48.6 Å². The number of hydrogen-bond acceptors (Lipinski definition) is 6. The molecule has 30 heavy (non-hydrogen) atoms. The van der Waals surface area contributed by atoms with E-state index < -0.39 is 11.9 Å². The standard InChI is InChI=1S/C21H19ClN2O4S2/c1-11-6-7-13(9-15(11)22)23-19(26)18-12(2)17(21(27)28-3)20(30-18)24-16(25)10-14-5-4-8-29-14/h4-9H,10H2,1-3H3,(H,23,26)(H,24,25). The van der Waals surface area contributed by atoms with Crippen LogP contribution in [0.3, 0.4) is 0 Å². The van der Waals surface area contributed by atoms with Gasteiger partial charge in [-0.1, -0.05) is 23.7 Å². The number of methoxy groups -OCH3 is 1. The SMILES string of the molecule is COC(=O)c1c(NC(=O)Cc2cccs2)sc(C(=O)Nc2ccc(C)c(Cl)c2)c1C. The molecule has 0 aliphatic carbocycles. The van der Waals surface area contributed by atoms with E-state index in [4.69, 9.17) is 16.3 Å². The summed E-state index contributed by atoms with van der Waals surface area (Å²) in [6.45, 7) is 3.51. The molecule has 3 aromatic rings. The zero-order chi connectivity index (χ0) is 21.8. The molecule has 0 spiro atoms. The molecule has 0 bridgehead atoms. The number of amides is 2. The summed E-state index contributed by atoms with van der Waals surface area (Å²) in [6, 6.07) is 8.92. The number of esters is 1. The summed E-state index contributed by atoms with van der Waals surface area (Å²) in [5.74, 6) is -1.30. The number of anilines is 2. The average molecular weight is 463 g/mol. The number of aryl methyl sites for hydroxylation is 1. The fourth-order valence-corrected chi connectivity index (χ4v) is 4.76. The Morgan fingerprint density at radius 3 is 2.53 bits per heavy atom. The van der Waals surface area contributed by atoms with Gasteiger partial charge < -0.3 is 15.4 Å². The summed E-state index contributed by atoms with van der Waals surface area (Å²) in [4.78, 5) is 38.8. The lowest BCUT2D eigenvalue weighted by molar-refractivity contribution is -0.115. The third kappa shape index (κ3) is 4.89. The number of ether oxygens (including phenoxy) is 1. The Labute approximate surface area is 186 Å². The van der Waals surface area contributed by atoms with E-state index in [1.807, 2.05) is 24.4 Å². The lowest BCUT2D eigenvalue weighted by Crippen LogP contribution is -2.15. The van der Waals surface area contributed by atoms with Crippen LogP contribution in [-0.4, -0.2) is 24.9 Å². The zero-order valence-corrected chi connectivity index (χ0v) is 18.9. The fourth-order valence-electron chi connectivity index (χ4n) is 2.77. The van der Waals surface area contributed by atoms with Crippen molar-refractivity contribution in [3.05, 3.63) is 67.2 Å². The number of rotatable bonds is 6. The first-order valence-electron chi connectivity index (χ1n) is 8.91. The van der Waals surface area contributed by atoms with Crippen molar-refractivity contribution in [3.8, 4) is 0 Å². The van der Waals surface area contributed by atoms with Crippen molar-refractivity contribution < 1.29 is 19.1 Å². The van der Waals surface area contributed by atoms with Gasteiger partial charge in [0.2, 0.25) is 5.91 Å². The summed E-state index contributed by atoms with van der Waals surface area (Å²) in [7, 11) is 1.25. The topological polar surface area (TPSA) is 84.5 Å². The molecule has 9 heteroatoms. The molecule has 0 saturated heterocycles. The van der Waals surface area contributed by atoms with Gasteiger partial charge in [-0.3, -0.25) is 9.59 Å². The smallest absolute Gasteiger partial charge is 0.341 e. The van der Waals surface area contributed by atoms with Crippen LogP contribution in [0.25, 0.3) is 0 Å². The Morgan fingerprint density at radius 2 is 1.90 bits per heavy atom. The van der Waals surface area contributed by atoms with Crippen molar-refractivity contribution in [1.82, 2.24) is 0 Å². The lowest BCUT2D eigenvalue weighted by Gasteiger charge is -2.06. The highest BCUT2D eigenvalue weighted by Gasteiger charge is 2.26.